The van der Waals surface area contributed by atoms with Gasteiger partial charge in [0.15, 0.2) is 0 Å². The third kappa shape index (κ3) is 3.38. The highest BCUT2D eigenvalue weighted by atomic mass is 79.9. The lowest BCUT2D eigenvalue weighted by Crippen LogP contribution is -2.33. The molecular formula is C11H13BrClNO3S. The summed E-state index contributed by atoms with van der Waals surface area (Å²) in [5, 5.41) is 0.157. The SMILES string of the molecule is O=S(=O)(Nc1ccc(Cl)c(Br)c1)C1CCOCC1. The van der Waals surface area contributed by atoms with Gasteiger partial charge in [-0.25, -0.2) is 8.42 Å². The fraction of sp³-hybridized carbons (Fsp3) is 0.455. The number of sulfonamides is 1. The van der Waals surface area contributed by atoms with Crippen LogP contribution in [0.1, 0.15) is 12.8 Å². The fourth-order valence-corrected chi connectivity index (χ4v) is 3.73. The van der Waals surface area contributed by atoms with Crippen LogP contribution in [0.25, 0.3) is 0 Å². The summed E-state index contributed by atoms with van der Waals surface area (Å²) >= 11 is 9.12. The van der Waals surface area contributed by atoms with E-state index in [4.69, 9.17) is 16.3 Å². The van der Waals surface area contributed by atoms with E-state index in [0.717, 1.165) is 0 Å². The van der Waals surface area contributed by atoms with E-state index in [-0.39, 0.29) is 5.25 Å². The topological polar surface area (TPSA) is 55.4 Å². The molecule has 0 radical (unpaired) electrons. The van der Waals surface area contributed by atoms with Crippen molar-refractivity contribution in [3.05, 3.63) is 27.7 Å². The molecule has 1 aliphatic heterocycles. The standard InChI is InChI=1S/C11H13BrClNO3S/c12-10-7-8(1-2-11(10)13)14-18(15,16)9-3-5-17-6-4-9/h1-2,7,9,14H,3-6H2. The van der Waals surface area contributed by atoms with Gasteiger partial charge in [0, 0.05) is 23.4 Å². The average Bonchev–Trinajstić information content (AvgIpc) is 2.35. The summed E-state index contributed by atoms with van der Waals surface area (Å²) < 4.78 is 32.7. The minimum atomic E-state index is -3.36. The van der Waals surface area contributed by atoms with Crippen molar-refractivity contribution in [3.8, 4) is 0 Å². The molecule has 1 heterocycles. The normalized spacial score (nSPS) is 17.7. The molecule has 1 aromatic carbocycles. The molecule has 0 aromatic heterocycles. The highest BCUT2D eigenvalue weighted by Crippen LogP contribution is 2.27. The van der Waals surface area contributed by atoms with Gasteiger partial charge in [0.1, 0.15) is 0 Å². The maximum absolute atomic E-state index is 12.1. The number of benzene rings is 1. The Balaban J connectivity index is 2.13. The van der Waals surface area contributed by atoms with E-state index in [0.29, 0.717) is 41.2 Å². The number of rotatable bonds is 3. The fourth-order valence-electron chi connectivity index (χ4n) is 1.79. The predicted octanol–water partition coefficient (Wildman–Crippen LogP) is 3.02. The van der Waals surface area contributed by atoms with E-state index < -0.39 is 10.0 Å². The molecule has 1 N–H and O–H groups in total. The number of hydrogen-bond acceptors (Lipinski definition) is 3. The molecule has 0 amide bonds. The molecular weight excluding hydrogens is 342 g/mol. The second kappa shape index (κ2) is 5.77. The monoisotopic (exact) mass is 353 g/mol. The molecule has 7 heteroatoms. The summed E-state index contributed by atoms with van der Waals surface area (Å²) in [4.78, 5) is 0. The number of anilines is 1. The van der Waals surface area contributed by atoms with E-state index in [2.05, 4.69) is 20.7 Å². The molecule has 18 heavy (non-hydrogen) atoms. The van der Waals surface area contributed by atoms with Crippen LogP contribution in [-0.2, 0) is 14.8 Å². The lowest BCUT2D eigenvalue weighted by atomic mass is 10.2. The van der Waals surface area contributed by atoms with Gasteiger partial charge in [-0.1, -0.05) is 11.6 Å². The van der Waals surface area contributed by atoms with Crippen LogP contribution >= 0.6 is 27.5 Å². The van der Waals surface area contributed by atoms with Crippen LogP contribution < -0.4 is 4.72 Å². The van der Waals surface area contributed by atoms with Crippen molar-refractivity contribution in [1.82, 2.24) is 0 Å². The van der Waals surface area contributed by atoms with E-state index in [1.807, 2.05) is 0 Å². The van der Waals surface area contributed by atoms with Gasteiger partial charge in [0.2, 0.25) is 10.0 Å². The van der Waals surface area contributed by atoms with Crippen LogP contribution in [0.2, 0.25) is 5.02 Å². The van der Waals surface area contributed by atoms with E-state index >= 15 is 0 Å². The Hall–Kier alpha value is -0.300. The first-order valence-corrected chi connectivity index (χ1v) is 8.25. The van der Waals surface area contributed by atoms with Crippen molar-refractivity contribution in [2.45, 2.75) is 18.1 Å². The average molecular weight is 355 g/mol. The van der Waals surface area contributed by atoms with Crippen LogP contribution in [0.4, 0.5) is 5.69 Å². The Morgan fingerprint density at radius 1 is 1.33 bits per heavy atom. The molecule has 1 saturated heterocycles. The molecule has 0 bridgehead atoms. The summed E-state index contributed by atoms with van der Waals surface area (Å²) in [6, 6.07) is 4.94. The number of nitrogens with one attached hydrogen (secondary N) is 1. The van der Waals surface area contributed by atoms with Crippen LogP contribution in [0.3, 0.4) is 0 Å². The summed E-state index contributed by atoms with van der Waals surface area (Å²) in [5.74, 6) is 0. The van der Waals surface area contributed by atoms with Crippen molar-refractivity contribution < 1.29 is 13.2 Å². The Labute approximate surface area is 120 Å². The number of halogens is 2. The lowest BCUT2D eigenvalue weighted by Gasteiger charge is -2.22. The van der Waals surface area contributed by atoms with Gasteiger partial charge in [0.25, 0.3) is 0 Å². The Bertz CT molecular complexity index is 529. The Morgan fingerprint density at radius 3 is 2.61 bits per heavy atom. The van der Waals surface area contributed by atoms with Crippen molar-refractivity contribution in [2.75, 3.05) is 17.9 Å². The molecule has 4 nitrogen and oxygen atoms in total. The van der Waals surface area contributed by atoms with Gasteiger partial charge in [0.05, 0.1) is 10.3 Å². The lowest BCUT2D eigenvalue weighted by molar-refractivity contribution is 0.0984. The van der Waals surface area contributed by atoms with Gasteiger partial charge in [-0.15, -0.1) is 0 Å². The van der Waals surface area contributed by atoms with Crippen molar-refractivity contribution >= 4 is 43.2 Å². The summed E-state index contributed by atoms with van der Waals surface area (Å²) in [6.45, 7) is 0.992. The van der Waals surface area contributed by atoms with E-state index in [9.17, 15) is 8.42 Å². The zero-order chi connectivity index (χ0) is 13.2. The second-order valence-electron chi connectivity index (χ2n) is 4.09. The van der Waals surface area contributed by atoms with Gasteiger partial charge in [-0.05, 0) is 47.0 Å². The van der Waals surface area contributed by atoms with Gasteiger partial charge >= 0.3 is 0 Å². The number of hydrogen-bond donors (Lipinski definition) is 1. The van der Waals surface area contributed by atoms with Gasteiger partial charge in [-0.2, -0.15) is 0 Å². The third-order valence-corrected chi connectivity index (χ3v) is 5.87. The zero-order valence-electron chi connectivity index (χ0n) is 9.53. The molecule has 0 aliphatic carbocycles. The molecule has 1 fully saturated rings. The van der Waals surface area contributed by atoms with Crippen LogP contribution in [0, 0.1) is 0 Å². The minimum Gasteiger partial charge on any atom is -0.381 e. The first-order chi connectivity index (χ1) is 8.49. The molecule has 100 valence electrons. The first-order valence-electron chi connectivity index (χ1n) is 5.53. The third-order valence-electron chi connectivity index (χ3n) is 2.79. The van der Waals surface area contributed by atoms with Crippen molar-refractivity contribution in [2.24, 2.45) is 0 Å². The first kappa shape index (κ1) is 14.1. The molecule has 1 aliphatic rings. The van der Waals surface area contributed by atoms with Crippen molar-refractivity contribution in [3.63, 3.8) is 0 Å². The summed E-state index contributed by atoms with van der Waals surface area (Å²) in [6.07, 6.45) is 1.06. The molecule has 0 unspecified atom stereocenters. The Morgan fingerprint density at radius 2 is 2.00 bits per heavy atom. The molecule has 1 aromatic rings. The van der Waals surface area contributed by atoms with E-state index in [1.54, 1.807) is 18.2 Å². The highest BCUT2D eigenvalue weighted by molar-refractivity contribution is 9.10. The van der Waals surface area contributed by atoms with Crippen LogP contribution in [-0.4, -0.2) is 26.9 Å². The van der Waals surface area contributed by atoms with E-state index in [1.165, 1.54) is 0 Å². The molecule has 2 rings (SSSR count). The minimum absolute atomic E-state index is 0.388. The zero-order valence-corrected chi connectivity index (χ0v) is 12.7. The smallest absolute Gasteiger partial charge is 0.235 e. The second-order valence-corrected chi connectivity index (χ2v) is 7.31. The van der Waals surface area contributed by atoms with Crippen LogP contribution in [0.5, 0.6) is 0 Å². The summed E-state index contributed by atoms with van der Waals surface area (Å²) in [7, 11) is -3.36. The molecule has 0 atom stereocenters. The number of ether oxygens (including phenoxy) is 1. The largest absolute Gasteiger partial charge is 0.381 e. The quantitative estimate of drug-likeness (QED) is 0.908. The molecule has 0 spiro atoms. The highest BCUT2D eigenvalue weighted by Gasteiger charge is 2.27. The molecule has 0 saturated carbocycles. The van der Waals surface area contributed by atoms with Gasteiger partial charge < -0.3 is 4.74 Å². The van der Waals surface area contributed by atoms with Gasteiger partial charge in [-0.3, -0.25) is 4.72 Å². The summed E-state index contributed by atoms with van der Waals surface area (Å²) in [5.41, 5.74) is 0.512. The Kier molecular flexibility index (Phi) is 4.53. The van der Waals surface area contributed by atoms with Crippen molar-refractivity contribution in [1.29, 1.82) is 0 Å². The van der Waals surface area contributed by atoms with Crippen LogP contribution in [0.15, 0.2) is 22.7 Å². The predicted molar refractivity (Wildman–Crippen MR) is 75.5 cm³/mol. The maximum Gasteiger partial charge on any atom is 0.235 e. The maximum atomic E-state index is 12.1.